The molecule has 1 unspecified atom stereocenters. The lowest BCUT2D eigenvalue weighted by Crippen LogP contribution is -2.38. The van der Waals surface area contributed by atoms with Crippen LogP contribution in [0.25, 0.3) is 0 Å². The molecule has 17 heavy (non-hydrogen) atoms. The highest BCUT2D eigenvalue weighted by molar-refractivity contribution is 5.74. The fourth-order valence-corrected chi connectivity index (χ4v) is 2.04. The molecule has 1 aromatic rings. The van der Waals surface area contributed by atoms with Crippen LogP contribution in [0.2, 0.25) is 0 Å². The monoisotopic (exact) mass is 234 g/mol. The Morgan fingerprint density at radius 3 is 3.00 bits per heavy atom. The van der Waals surface area contributed by atoms with Gasteiger partial charge in [0.1, 0.15) is 6.04 Å². The SMILES string of the molecule is CCc1cccnc1CNC(C(=O)O)C1CC1. The Bertz CT molecular complexity index is 402. The maximum atomic E-state index is 11.1. The molecule has 0 radical (unpaired) electrons. The molecule has 1 fully saturated rings. The van der Waals surface area contributed by atoms with Crippen molar-refractivity contribution >= 4 is 5.97 Å². The molecule has 4 nitrogen and oxygen atoms in total. The smallest absolute Gasteiger partial charge is 0.320 e. The first kappa shape index (κ1) is 12.0. The number of pyridine rings is 1. The van der Waals surface area contributed by atoms with Gasteiger partial charge in [-0.15, -0.1) is 0 Å². The molecule has 1 aliphatic rings. The molecule has 1 aliphatic carbocycles. The van der Waals surface area contributed by atoms with Crippen LogP contribution in [0.4, 0.5) is 0 Å². The van der Waals surface area contributed by atoms with E-state index in [4.69, 9.17) is 5.11 Å². The summed E-state index contributed by atoms with van der Waals surface area (Å²) >= 11 is 0. The van der Waals surface area contributed by atoms with Crippen LogP contribution in [-0.4, -0.2) is 22.1 Å². The number of carboxylic acid groups (broad SMARTS) is 1. The van der Waals surface area contributed by atoms with Crippen LogP contribution in [0.1, 0.15) is 31.0 Å². The topological polar surface area (TPSA) is 62.2 Å². The van der Waals surface area contributed by atoms with Crippen molar-refractivity contribution < 1.29 is 9.90 Å². The predicted octanol–water partition coefficient (Wildman–Crippen LogP) is 1.60. The van der Waals surface area contributed by atoms with Gasteiger partial charge >= 0.3 is 5.97 Å². The summed E-state index contributed by atoms with van der Waals surface area (Å²) < 4.78 is 0. The standard InChI is InChI=1S/C13H18N2O2/c1-2-9-4-3-7-14-11(9)8-15-12(13(16)17)10-5-6-10/h3-4,7,10,12,15H,2,5-6,8H2,1H3,(H,16,17). The van der Waals surface area contributed by atoms with E-state index in [0.29, 0.717) is 12.5 Å². The first-order valence-corrected chi connectivity index (χ1v) is 6.11. The lowest BCUT2D eigenvalue weighted by molar-refractivity contribution is -0.140. The summed E-state index contributed by atoms with van der Waals surface area (Å²) in [5.41, 5.74) is 2.14. The van der Waals surface area contributed by atoms with Crippen molar-refractivity contribution in [1.82, 2.24) is 10.3 Å². The first-order valence-electron chi connectivity index (χ1n) is 6.11. The van der Waals surface area contributed by atoms with E-state index in [1.807, 2.05) is 12.1 Å². The highest BCUT2D eigenvalue weighted by atomic mass is 16.4. The molecule has 0 amide bonds. The third-order valence-electron chi connectivity index (χ3n) is 3.21. The number of carboxylic acids is 1. The van der Waals surface area contributed by atoms with E-state index in [-0.39, 0.29) is 0 Å². The zero-order valence-corrected chi connectivity index (χ0v) is 10.0. The van der Waals surface area contributed by atoms with Crippen LogP contribution in [0.5, 0.6) is 0 Å². The summed E-state index contributed by atoms with van der Waals surface area (Å²) in [6.45, 7) is 2.62. The number of hydrogen-bond acceptors (Lipinski definition) is 3. The van der Waals surface area contributed by atoms with Crippen molar-refractivity contribution in [3.8, 4) is 0 Å². The number of aromatic nitrogens is 1. The summed E-state index contributed by atoms with van der Waals surface area (Å²) in [6, 6.07) is 3.54. The maximum absolute atomic E-state index is 11.1. The number of hydrogen-bond donors (Lipinski definition) is 2. The summed E-state index contributed by atoms with van der Waals surface area (Å²) in [4.78, 5) is 15.4. The molecule has 92 valence electrons. The van der Waals surface area contributed by atoms with Crippen molar-refractivity contribution in [1.29, 1.82) is 0 Å². The average molecular weight is 234 g/mol. The van der Waals surface area contributed by atoms with Gasteiger partial charge < -0.3 is 5.11 Å². The van der Waals surface area contributed by atoms with Crippen molar-refractivity contribution in [3.63, 3.8) is 0 Å². The van der Waals surface area contributed by atoms with Crippen molar-refractivity contribution in [2.75, 3.05) is 0 Å². The average Bonchev–Trinajstić information content (AvgIpc) is 3.14. The van der Waals surface area contributed by atoms with Gasteiger partial charge in [0, 0.05) is 12.7 Å². The Balaban J connectivity index is 1.98. The second kappa shape index (κ2) is 5.27. The number of aryl methyl sites for hydroxylation is 1. The molecule has 0 bridgehead atoms. The second-order valence-corrected chi connectivity index (χ2v) is 4.50. The minimum absolute atomic E-state index is 0.307. The lowest BCUT2D eigenvalue weighted by atomic mass is 10.1. The van der Waals surface area contributed by atoms with Crippen molar-refractivity contribution in [2.24, 2.45) is 5.92 Å². The van der Waals surface area contributed by atoms with E-state index in [2.05, 4.69) is 17.2 Å². The van der Waals surface area contributed by atoms with Crippen molar-refractivity contribution in [3.05, 3.63) is 29.6 Å². The van der Waals surface area contributed by atoms with Gasteiger partial charge in [0.05, 0.1) is 5.69 Å². The summed E-state index contributed by atoms with van der Waals surface area (Å²) in [5, 5.41) is 12.2. The van der Waals surface area contributed by atoms with Gasteiger partial charge in [-0.2, -0.15) is 0 Å². The van der Waals surface area contributed by atoms with Gasteiger partial charge in [0.25, 0.3) is 0 Å². The van der Waals surface area contributed by atoms with Gasteiger partial charge in [-0.25, -0.2) is 0 Å². The lowest BCUT2D eigenvalue weighted by Gasteiger charge is -2.14. The minimum atomic E-state index is -0.749. The molecule has 1 saturated carbocycles. The Labute approximate surface area is 101 Å². The molecule has 0 spiro atoms. The molecule has 0 aromatic carbocycles. The number of rotatable bonds is 6. The molecule has 0 saturated heterocycles. The summed E-state index contributed by atoms with van der Waals surface area (Å²) in [5.74, 6) is -0.442. The van der Waals surface area contributed by atoms with E-state index in [9.17, 15) is 4.79 Å². The molecular formula is C13H18N2O2. The van der Waals surface area contributed by atoms with E-state index < -0.39 is 12.0 Å². The third kappa shape index (κ3) is 3.03. The number of carbonyl (C=O) groups is 1. The van der Waals surface area contributed by atoms with Gasteiger partial charge in [0.2, 0.25) is 0 Å². The fraction of sp³-hybridized carbons (Fsp3) is 0.538. The molecule has 4 heteroatoms. The molecule has 1 atom stereocenters. The summed E-state index contributed by atoms with van der Waals surface area (Å²) in [7, 11) is 0. The zero-order chi connectivity index (χ0) is 12.3. The fourth-order valence-electron chi connectivity index (χ4n) is 2.04. The Morgan fingerprint density at radius 1 is 1.65 bits per heavy atom. The van der Waals surface area contributed by atoms with Gasteiger partial charge in [0.15, 0.2) is 0 Å². The molecule has 1 heterocycles. The van der Waals surface area contributed by atoms with Gasteiger partial charge in [-0.1, -0.05) is 13.0 Å². The van der Waals surface area contributed by atoms with E-state index in [1.54, 1.807) is 6.20 Å². The Kier molecular flexibility index (Phi) is 3.74. The number of nitrogens with zero attached hydrogens (tertiary/aromatic N) is 1. The third-order valence-corrected chi connectivity index (χ3v) is 3.21. The van der Waals surface area contributed by atoms with Crippen LogP contribution in [0.3, 0.4) is 0 Å². The van der Waals surface area contributed by atoms with Crippen LogP contribution >= 0.6 is 0 Å². The zero-order valence-electron chi connectivity index (χ0n) is 10.0. The largest absolute Gasteiger partial charge is 0.480 e. The van der Waals surface area contributed by atoms with Crippen LogP contribution in [-0.2, 0) is 17.8 Å². The van der Waals surface area contributed by atoms with E-state index in [1.165, 1.54) is 5.56 Å². The quantitative estimate of drug-likeness (QED) is 0.784. The van der Waals surface area contributed by atoms with Crippen LogP contribution < -0.4 is 5.32 Å². The normalized spacial score (nSPS) is 16.8. The molecule has 1 aromatic heterocycles. The van der Waals surface area contributed by atoms with Crippen LogP contribution in [0, 0.1) is 5.92 Å². The summed E-state index contributed by atoms with van der Waals surface area (Å²) in [6.07, 6.45) is 4.72. The Hall–Kier alpha value is -1.42. The minimum Gasteiger partial charge on any atom is -0.480 e. The maximum Gasteiger partial charge on any atom is 0.320 e. The predicted molar refractivity (Wildman–Crippen MR) is 64.6 cm³/mol. The van der Waals surface area contributed by atoms with E-state index >= 15 is 0 Å². The molecular weight excluding hydrogens is 216 g/mol. The molecule has 2 rings (SSSR count). The molecule has 2 N–H and O–H groups in total. The van der Waals surface area contributed by atoms with Crippen LogP contribution in [0.15, 0.2) is 18.3 Å². The van der Waals surface area contributed by atoms with Gasteiger partial charge in [-0.3, -0.25) is 15.1 Å². The molecule has 0 aliphatic heterocycles. The number of aliphatic carboxylic acids is 1. The second-order valence-electron chi connectivity index (χ2n) is 4.50. The Morgan fingerprint density at radius 2 is 2.41 bits per heavy atom. The van der Waals surface area contributed by atoms with Crippen molar-refractivity contribution in [2.45, 2.75) is 38.8 Å². The highest BCUT2D eigenvalue weighted by Gasteiger charge is 2.35. The highest BCUT2D eigenvalue weighted by Crippen LogP contribution is 2.32. The van der Waals surface area contributed by atoms with E-state index in [0.717, 1.165) is 25.0 Å². The first-order chi connectivity index (χ1) is 8.22. The number of nitrogens with one attached hydrogen (secondary N) is 1. The van der Waals surface area contributed by atoms with Gasteiger partial charge in [-0.05, 0) is 36.8 Å².